The van der Waals surface area contributed by atoms with Gasteiger partial charge in [-0.3, -0.25) is 14.5 Å². The van der Waals surface area contributed by atoms with Gasteiger partial charge in [-0.15, -0.1) is 0 Å². The molecule has 3 aliphatic carbocycles. The summed E-state index contributed by atoms with van der Waals surface area (Å²) in [7, 11) is 0. The van der Waals surface area contributed by atoms with Crippen molar-refractivity contribution in [2.45, 2.75) is 74.5 Å². The molecule has 2 aliphatic heterocycles. The number of rotatable bonds is 6. The fourth-order valence-electron chi connectivity index (χ4n) is 7.78. The van der Waals surface area contributed by atoms with E-state index in [1.54, 1.807) is 6.07 Å². The normalized spacial score (nSPS) is 32.1. The number of piperidine rings is 1. The van der Waals surface area contributed by atoms with E-state index in [9.17, 15) is 14.7 Å². The van der Waals surface area contributed by atoms with Gasteiger partial charge >= 0.3 is 0 Å². The largest absolute Gasteiger partial charge is 0.504 e. The fourth-order valence-corrected chi connectivity index (χ4v) is 7.91. The number of hydrogen-bond donors (Lipinski definition) is 2. The highest BCUT2D eigenvalue weighted by Crippen LogP contribution is 2.65. The average molecular weight is 507 g/mol. The van der Waals surface area contributed by atoms with Crippen molar-refractivity contribution < 1.29 is 19.4 Å². The number of likely N-dealkylation sites (tertiary alicyclic amines) is 1. The number of halogens is 1. The number of nitrogens with zero attached hydrogens (tertiary/aromatic N) is 1. The molecule has 0 radical (unpaired) electrons. The molecular weight excluding hydrogens is 476 g/mol. The van der Waals surface area contributed by atoms with Crippen LogP contribution in [0, 0.1) is 5.92 Å². The summed E-state index contributed by atoms with van der Waals surface area (Å²) in [6.45, 7) is 1.92. The van der Waals surface area contributed by atoms with Crippen LogP contribution in [0.15, 0.2) is 36.4 Å². The lowest BCUT2D eigenvalue weighted by Crippen LogP contribution is -2.82. The number of nitrogens with one attached hydrogen (secondary N) is 1. The summed E-state index contributed by atoms with van der Waals surface area (Å²) >= 11 is 6.03. The molecule has 2 heterocycles. The molecule has 188 valence electrons. The number of phenolic OH excluding ortho intramolecular Hbond substituents is 1. The van der Waals surface area contributed by atoms with Crippen LogP contribution in [0.2, 0.25) is 5.02 Å². The van der Waals surface area contributed by atoms with Crippen LogP contribution in [0.25, 0.3) is 0 Å². The van der Waals surface area contributed by atoms with E-state index in [4.69, 9.17) is 16.3 Å². The third kappa shape index (κ3) is 3.13. The molecular formula is C29H31ClN2O4. The van der Waals surface area contributed by atoms with Gasteiger partial charge in [-0.1, -0.05) is 29.8 Å². The summed E-state index contributed by atoms with van der Waals surface area (Å²) in [4.78, 5) is 29.5. The maximum absolute atomic E-state index is 13.6. The maximum Gasteiger partial charge on any atom is 0.220 e. The summed E-state index contributed by atoms with van der Waals surface area (Å²) in [6, 6.07) is 11.4. The van der Waals surface area contributed by atoms with Crippen LogP contribution in [0.1, 0.15) is 55.2 Å². The Morgan fingerprint density at radius 3 is 2.75 bits per heavy atom. The second-order valence-electron chi connectivity index (χ2n) is 11.4. The topological polar surface area (TPSA) is 78.9 Å². The van der Waals surface area contributed by atoms with Crippen molar-refractivity contribution in [3.8, 4) is 11.5 Å². The second kappa shape index (κ2) is 7.96. The first-order chi connectivity index (χ1) is 17.4. The molecule has 0 unspecified atom stereocenters. The third-order valence-electron chi connectivity index (χ3n) is 9.53. The summed E-state index contributed by atoms with van der Waals surface area (Å²) in [6.07, 6.45) is 5.40. The Balaban J connectivity index is 1.29. The van der Waals surface area contributed by atoms with Gasteiger partial charge in [0.15, 0.2) is 23.4 Å². The van der Waals surface area contributed by atoms with Gasteiger partial charge in [0.05, 0.1) is 11.0 Å². The van der Waals surface area contributed by atoms with Crippen molar-refractivity contribution in [3.05, 3.63) is 58.1 Å². The average Bonchev–Trinajstić information content (AvgIpc) is 3.61. The van der Waals surface area contributed by atoms with Gasteiger partial charge in [0.25, 0.3) is 0 Å². The summed E-state index contributed by atoms with van der Waals surface area (Å²) < 4.78 is 6.32. The van der Waals surface area contributed by atoms with E-state index in [0.29, 0.717) is 36.5 Å². The Morgan fingerprint density at radius 2 is 1.97 bits per heavy atom. The third-order valence-corrected chi connectivity index (χ3v) is 9.78. The Kier molecular flexibility index (Phi) is 5.00. The molecule has 2 aromatic rings. The zero-order valence-corrected chi connectivity index (χ0v) is 21.0. The van der Waals surface area contributed by atoms with E-state index in [-0.39, 0.29) is 23.5 Å². The summed E-state index contributed by atoms with van der Waals surface area (Å²) in [5.41, 5.74) is 1.97. The number of carbonyl (C=O) groups excluding carboxylic acids is 2. The van der Waals surface area contributed by atoms with Crippen LogP contribution < -0.4 is 10.1 Å². The van der Waals surface area contributed by atoms with Gasteiger partial charge in [-0.05, 0) is 80.3 Å². The zero-order chi connectivity index (χ0) is 24.7. The lowest BCUT2D eigenvalue weighted by molar-refractivity contribution is -0.150. The molecule has 7 heteroatoms. The number of aromatic hydroxyl groups is 1. The quantitative estimate of drug-likeness (QED) is 0.620. The van der Waals surface area contributed by atoms with Crippen molar-refractivity contribution in [2.24, 2.45) is 5.92 Å². The first kappa shape index (κ1) is 22.6. The maximum atomic E-state index is 13.6. The van der Waals surface area contributed by atoms with E-state index < -0.39 is 17.1 Å². The molecule has 2 bridgehead atoms. The van der Waals surface area contributed by atoms with Crippen molar-refractivity contribution in [2.75, 3.05) is 13.1 Å². The van der Waals surface area contributed by atoms with Crippen LogP contribution in [-0.4, -0.2) is 52.5 Å². The van der Waals surface area contributed by atoms with Gasteiger partial charge in [0, 0.05) is 36.0 Å². The molecule has 3 fully saturated rings. The molecule has 7 rings (SSSR count). The molecule has 4 atom stereocenters. The number of ether oxygens (including phenoxy) is 1. The first-order valence-corrected chi connectivity index (χ1v) is 13.6. The van der Waals surface area contributed by atoms with Gasteiger partial charge in [-0.2, -0.15) is 0 Å². The van der Waals surface area contributed by atoms with Crippen LogP contribution in [0.5, 0.6) is 11.5 Å². The highest BCUT2D eigenvalue weighted by molar-refractivity contribution is 6.30. The summed E-state index contributed by atoms with van der Waals surface area (Å²) in [5, 5.41) is 15.0. The van der Waals surface area contributed by atoms with Crippen LogP contribution in [-0.2, 0) is 27.8 Å². The Hall–Kier alpha value is -2.57. The Bertz CT molecular complexity index is 1260. The monoisotopic (exact) mass is 506 g/mol. The highest BCUT2D eigenvalue weighted by atomic mass is 35.5. The zero-order valence-electron chi connectivity index (χ0n) is 20.3. The fraction of sp³-hybridized carbons (Fsp3) is 0.517. The number of hydrogen-bond acceptors (Lipinski definition) is 5. The lowest BCUT2D eigenvalue weighted by atomic mass is 9.47. The van der Waals surface area contributed by atoms with Crippen molar-refractivity contribution in [3.63, 3.8) is 0 Å². The molecule has 2 aromatic carbocycles. The van der Waals surface area contributed by atoms with Gasteiger partial charge in [0.1, 0.15) is 0 Å². The predicted molar refractivity (Wildman–Crippen MR) is 135 cm³/mol. The molecule has 6 nitrogen and oxygen atoms in total. The standard InChI is InChI=1S/C29H31ClN2O4/c30-20-7-3-17(4-8-20)5-10-24(35)31-29-12-11-22(34)27-28(29)13-14-32(16-18-1-2-18)23(29)15-19-6-9-21(33)26(36-27)25(19)28/h3-4,6-9,18,23,27,33H,1-2,5,10-16H2,(H,31,35)/t23-,27+,28+,29-/m1/s1. The second-order valence-corrected chi connectivity index (χ2v) is 11.9. The van der Waals surface area contributed by atoms with Gasteiger partial charge < -0.3 is 15.2 Å². The molecule has 1 saturated heterocycles. The number of amides is 1. The molecule has 0 aromatic heterocycles. The number of benzene rings is 2. The van der Waals surface area contributed by atoms with E-state index in [0.717, 1.165) is 48.5 Å². The molecule has 2 saturated carbocycles. The number of carbonyl (C=O) groups is 2. The van der Waals surface area contributed by atoms with E-state index in [1.807, 2.05) is 30.3 Å². The highest BCUT2D eigenvalue weighted by Gasteiger charge is 2.73. The summed E-state index contributed by atoms with van der Waals surface area (Å²) in [5.74, 6) is 1.37. The Labute approximate surface area is 216 Å². The number of aryl methyl sites for hydroxylation is 1. The Morgan fingerprint density at radius 1 is 1.17 bits per heavy atom. The van der Waals surface area contributed by atoms with Crippen molar-refractivity contribution in [1.29, 1.82) is 0 Å². The van der Waals surface area contributed by atoms with Crippen molar-refractivity contribution in [1.82, 2.24) is 10.2 Å². The van der Waals surface area contributed by atoms with Crippen molar-refractivity contribution >= 4 is 23.3 Å². The van der Waals surface area contributed by atoms with E-state index >= 15 is 0 Å². The number of Topliss-reactive ketones (excluding diaryl/α,β-unsaturated/α-hetero) is 1. The number of phenols is 1. The van der Waals surface area contributed by atoms with E-state index in [2.05, 4.69) is 10.2 Å². The van der Waals surface area contributed by atoms with Crippen LogP contribution in [0.3, 0.4) is 0 Å². The lowest BCUT2D eigenvalue weighted by Gasteiger charge is -2.65. The minimum Gasteiger partial charge on any atom is -0.504 e. The van der Waals surface area contributed by atoms with Crippen LogP contribution in [0.4, 0.5) is 0 Å². The number of ketones is 1. The van der Waals surface area contributed by atoms with Gasteiger partial charge in [0.2, 0.25) is 5.91 Å². The molecule has 1 amide bonds. The first-order valence-electron chi connectivity index (χ1n) is 13.3. The molecule has 2 N–H and O–H groups in total. The molecule has 1 spiro atoms. The predicted octanol–water partition coefficient (Wildman–Crippen LogP) is 3.94. The molecule has 36 heavy (non-hydrogen) atoms. The SMILES string of the molecule is O=C(CCc1ccc(Cl)cc1)N[C@@]12CCC(=O)[C@@H]3Oc4c(O)ccc5c4[C@@]31CCN(CC1CC1)[C@@H]2C5. The minimum absolute atomic E-state index is 0.00717. The minimum atomic E-state index is -0.657. The van der Waals surface area contributed by atoms with Crippen LogP contribution >= 0.6 is 11.6 Å². The molecule has 5 aliphatic rings. The smallest absolute Gasteiger partial charge is 0.220 e. The van der Waals surface area contributed by atoms with Gasteiger partial charge in [-0.25, -0.2) is 0 Å². The van der Waals surface area contributed by atoms with E-state index in [1.165, 1.54) is 12.8 Å².